The lowest BCUT2D eigenvalue weighted by Crippen LogP contribution is -2.40. The van der Waals surface area contributed by atoms with Crippen LogP contribution >= 0.6 is 11.8 Å². The minimum atomic E-state index is -0.407. The fourth-order valence-corrected chi connectivity index (χ4v) is 4.64. The third-order valence-electron chi connectivity index (χ3n) is 5.11. The van der Waals surface area contributed by atoms with Crippen molar-refractivity contribution in [2.45, 2.75) is 44.8 Å². The average molecular weight is 394 g/mol. The molecule has 1 fully saturated rings. The summed E-state index contributed by atoms with van der Waals surface area (Å²) in [7, 11) is 3.08. The normalized spacial score (nSPS) is 17.9. The van der Waals surface area contributed by atoms with E-state index in [1.54, 1.807) is 7.05 Å². The van der Waals surface area contributed by atoms with E-state index in [0.717, 1.165) is 30.5 Å². The van der Waals surface area contributed by atoms with Crippen LogP contribution in [0.1, 0.15) is 39.7 Å². The van der Waals surface area contributed by atoms with E-state index in [-0.39, 0.29) is 23.3 Å². The average Bonchev–Trinajstić information content (AvgIpc) is 3.02. The van der Waals surface area contributed by atoms with Crippen LogP contribution in [0.3, 0.4) is 0 Å². The van der Waals surface area contributed by atoms with Crippen LogP contribution in [0.4, 0.5) is 0 Å². The lowest BCUT2D eigenvalue weighted by molar-refractivity contribution is -0.130. The third-order valence-corrected chi connectivity index (χ3v) is 6.05. The Labute approximate surface area is 162 Å². The number of hydrogen-bond donors (Lipinski definition) is 0. The van der Waals surface area contributed by atoms with Crippen LogP contribution in [0.15, 0.2) is 14.7 Å². The van der Waals surface area contributed by atoms with Gasteiger partial charge in [0.2, 0.25) is 5.91 Å². The first kappa shape index (κ1) is 19.7. The van der Waals surface area contributed by atoms with Crippen LogP contribution in [0.5, 0.6) is 0 Å². The highest BCUT2D eigenvalue weighted by atomic mass is 32.2. The van der Waals surface area contributed by atoms with Gasteiger partial charge in [0.25, 0.3) is 5.56 Å². The fourth-order valence-electron chi connectivity index (χ4n) is 3.61. The van der Waals surface area contributed by atoms with Crippen LogP contribution in [0, 0.1) is 5.92 Å². The Kier molecular flexibility index (Phi) is 5.50. The molecule has 3 heterocycles. The Morgan fingerprint density at radius 2 is 1.96 bits per heavy atom. The molecule has 1 aliphatic rings. The minimum Gasteiger partial charge on any atom is -0.342 e. The van der Waals surface area contributed by atoms with Crippen molar-refractivity contribution >= 4 is 28.8 Å². The van der Waals surface area contributed by atoms with Crippen molar-refractivity contribution in [2.24, 2.45) is 20.0 Å². The first-order chi connectivity index (χ1) is 12.7. The summed E-state index contributed by atoms with van der Waals surface area (Å²) in [5, 5.41) is 0.594. The van der Waals surface area contributed by atoms with Crippen molar-refractivity contribution in [3.8, 4) is 0 Å². The molecule has 0 saturated carbocycles. The molecular weight excluding hydrogens is 366 g/mol. The van der Waals surface area contributed by atoms with Crippen molar-refractivity contribution in [3.63, 3.8) is 0 Å². The topological polar surface area (TPSA) is 82.1 Å². The lowest BCUT2D eigenvalue weighted by Gasteiger charge is -2.30. The molecule has 0 unspecified atom stereocenters. The highest BCUT2D eigenvalue weighted by Gasteiger charge is 2.24. The summed E-state index contributed by atoms with van der Waals surface area (Å²) in [4.78, 5) is 43.9. The number of hydrogen-bond acceptors (Lipinski definition) is 5. The molecule has 1 atom stereocenters. The zero-order chi connectivity index (χ0) is 19.9. The Bertz CT molecular complexity index is 988. The standard InChI is InChI=1S/C18H27N5O3S/c1-11(2)23-14-15(20(4)18(26)21(5)16(14)25)19-17(23)27-10-13(24)22-8-6-7-12(3)9-22/h11-12H,6-10H2,1-5H3/t12-/m1/s1. The highest BCUT2D eigenvalue weighted by Crippen LogP contribution is 2.26. The van der Waals surface area contributed by atoms with E-state index in [9.17, 15) is 14.4 Å². The molecule has 0 spiro atoms. The molecule has 1 saturated heterocycles. The number of imidazole rings is 1. The van der Waals surface area contributed by atoms with Gasteiger partial charge in [-0.3, -0.25) is 18.7 Å². The Morgan fingerprint density at radius 3 is 2.59 bits per heavy atom. The highest BCUT2D eigenvalue weighted by molar-refractivity contribution is 7.99. The zero-order valence-corrected chi connectivity index (χ0v) is 17.4. The van der Waals surface area contributed by atoms with E-state index >= 15 is 0 Å². The Hall–Kier alpha value is -2.03. The van der Waals surface area contributed by atoms with E-state index in [4.69, 9.17) is 0 Å². The first-order valence-corrected chi connectivity index (χ1v) is 10.3. The van der Waals surface area contributed by atoms with Gasteiger partial charge in [-0.15, -0.1) is 0 Å². The van der Waals surface area contributed by atoms with Crippen molar-refractivity contribution in [1.82, 2.24) is 23.6 Å². The van der Waals surface area contributed by atoms with Crippen LogP contribution in [0.2, 0.25) is 0 Å². The molecule has 148 valence electrons. The summed E-state index contributed by atoms with van der Waals surface area (Å²) in [5.74, 6) is 0.901. The molecule has 2 aromatic rings. The van der Waals surface area contributed by atoms with Crippen LogP contribution in [0.25, 0.3) is 11.2 Å². The number of fused-ring (bicyclic) bond motifs is 1. The predicted octanol–water partition coefficient (Wildman–Crippen LogP) is 1.37. The fraction of sp³-hybridized carbons (Fsp3) is 0.667. The molecule has 8 nitrogen and oxygen atoms in total. The number of carbonyl (C=O) groups excluding carboxylic acids is 1. The SMILES string of the molecule is CC(C)n1c(SCC(=O)N2CCC[C@@H](C)C2)nc2c1c(=O)n(C)c(=O)n2C. The van der Waals surface area contributed by atoms with E-state index in [1.807, 2.05) is 23.3 Å². The smallest absolute Gasteiger partial charge is 0.332 e. The maximum atomic E-state index is 12.7. The molecule has 0 aliphatic carbocycles. The van der Waals surface area contributed by atoms with Crippen LogP contribution in [-0.2, 0) is 18.9 Å². The number of carbonyl (C=O) groups is 1. The molecular formula is C18H27N5O3S. The molecule has 1 aliphatic heterocycles. The molecule has 2 aromatic heterocycles. The van der Waals surface area contributed by atoms with Gasteiger partial charge in [0.05, 0.1) is 5.75 Å². The quantitative estimate of drug-likeness (QED) is 0.733. The van der Waals surface area contributed by atoms with Crippen LogP contribution < -0.4 is 11.2 Å². The van der Waals surface area contributed by atoms with E-state index in [1.165, 1.54) is 23.4 Å². The number of thioether (sulfide) groups is 1. The van der Waals surface area contributed by atoms with Crippen LogP contribution in [-0.4, -0.2) is 48.3 Å². The Morgan fingerprint density at radius 1 is 1.26 bits per heavy atom. The van der Waals surface area contributed by atoms with Crippen molar-refractivity contribution in [1.29, 1.82) is 0 Å². The number of aromatic nitrogens is 4. The second-order valence-corrected chi connectivity index (χ2v) is 8.55. The number of amides is 1. The Balaban J connectivity index is 1.95. The molecule has 0 bridgehead atoms. The van der Waals surface area contributed by atoms with Gasteiger partial charge in [-0.05, 0) is 32.6 Å². The van der Waals surface area contributed by atoms with Gasteiger partial charge >= 0.3 is 5.69 Å². The van der Waals surface area contributed by atoms with Crippen molar-refractivity contribution < 1.29 is 4.79 Å². The number of rotatable bonds is 4. The molecule has 0 N–H and O–H groups in total. The molecule has 0 aromatic carbocycles. The third kappa shape index (κ3) is 3.56. The van der Waals surface area contributed by atoms with Gasteiger partial charge in [-0.25, -0.2) is 9.78 Å². The molecule has 1 amide bonds. The molecule has 0 radical (unpaired) electrons. The zero-order valence-electron chi connectivity index (χ0n) is 16.6. The van der Waals surface area contributed by atoms with Gasteiger partial charge in [0.15, 0.2) is 16.3 Å². The van der Waals surface area contributed by atoms with Gasteiger partial charge in [0.1, 0.15) is 0 Å². The summed E-state index contributed by atoms with van der Waals surface area (Å²) >= 11 is 1.33. The van der Waals surface area contributed by atoms with E-state index in [0.29, 0.717) is 22.2 Å². The number of nitrogens with zero attached hydrogens (tertiary/aromatic N) is 5. The monoisotopic (exact) mass is 393 g/mol. The van der Waals surface area contributed by atoms with E-state index in [2.05, 4.69) is 11.9 Å². The second kappa shape index (κ2) is 7.53. The number of likely N-dealkylation sites (tertiary alicyclic amines) is 1. The van der Waals surface area contributed by atoms with Crippen molar-refractivity contribution in [3.05, 3.63) is 20.8 Å². The molecule has 3 rings (SSSR count). The van der Waals surface area contributed by atoms with Gasteiger partial charge in [-0.2, -0.15) is 0 Å². The first-order valence-electron chi connectivity index (χ1n) is 9.30. The van der Waals surface area contributed by atoms with Gasteiger partial charge < -0.3 is 9.47 Å². The maximum Gasteiger partial charge on any atom is 0.332 e. The van der Waals surface area contributed by atoms with Crippen molar-refractivity contribution in [2.75, 3.05) is 18.8 Å². The summed E-state index contributed by atoms with van der Waals surface area (Å²) in [5.41, 5.74) is -0.0114. The predicted molar refractivity (Wildman–Crippen MR) is 106 cm³/mol. The van der Waals surface area contributed by atoms with Gasteiger partial charge in [-0.1, -0.05) is 18.7 Å². The maximum absolute atomic E-state index is 12.7. The summed E-state index contributed by atoms with van der Waals surface area (Å²) in [6.07, 6.45) is 2.21. The van der Waals surface area contributed by atoms with E-state index < -0.39 is 5.69 Å². The molecule has 27 heavy (non-hydrogen) atoms. The molecule has 9 heteroatoms. The largest absolute Gasteiger partial charge is 0.342 e. The van der Waals surface area contributed by atoms with Gasteiger partial charge in [0, 0.05) is 33.2 Å². The summed E-state index contributed by atoms with van der Waals surface area (Å²) in [6.45, 7) is 7.70. The summed E-state index contributed by atoms with van der Waals surface area (Å²) < 4.78 is 4.30. The lowest BCUT2D eigenvalue weighted by atomic mass is 10.0. The summed E-state index contributed by atoms with van der Waals surface area (Å²) in [6, 6.07) is -0.0205. The number of piperidine rings is 1. The second-order valence-electron chi connectivity index (χ2n) is 7.61. The minimum absolute atomic E-state index is 0.0205. The number of aryl methyl sites for hydroxylation is 1.